The minimum Gasteiger partial charge on any atom is -0.497 e. The highest BCUT2D eigenvalue weighted by Crippen LogP contribution is 2.23. The van der Waals surface area contributed by atoms with E-state index in [9.17, 15) is 9.59 Å². The Hall–Kier alpha value is -3.22. The Labute approximate surface area is 171 Å². The Morgan fingerprint density at radius 2 is 1.66 bits per heavy atom. The summed E-state index contributed by atoms with van der Waals surface area (Å²) < 4.78 is 15.7. The minimum absolute atomic E-state index is 0.122. The maximum absolute atomic E-state index is 12.3. The first-order valence-electron chi connectivity index (χ1n) is 9.26. The third kappa shape index (κ3) is 7.37. The van der Waals surface area contributed by atoms with Gasteiger partial charge in [0.05, 0.1) is 20.6 Å². The zero-order chi connectivity index (χ0) is 21.4. The Morgan fingerprint density at radius 3 is 2.24 bits per heavy atom. The van der Waals surface area contributed by atoms with E-state index in [1.165, 1.54) is 0 Å². The van der Waals surface area contributed by atoms with E-state index in [0.29, 0.717) is 23.7 Å². The third-order valence-electron chi connectivity index (χ3n) is 3.93. The standard InChI is InChI=1S/C22H28N2O5/c1-22(2,3)29-21(26)24-17-8-6-15(7-9-17)12-20(25)23-14-16-13-18(27-4)10-11-19(16)28-5/h6-11,13H,12,14H2,1-5H3,(H,23,25)(H,24,26). The molecule has 0 aromatic heterocycles. The number of anilines is 1. The van der Waals surface area contributed by atoms with Crippen molar-refractivity contribution in [2.24, 2.45) is 0 Å². The fraction of sp³-hybridized carbons (Fsp3) is 0.364. The number of amides is 2. The van der Waals surface area contributed by atoms with Gasteiger partial charge in [-0.25, -0.2) is 4.79 Å². The van der Waals surface area contributed by atoms with Crippen LogP contribution in [0.4, 0.5) is 10.5 Å². The van der Waals surface area contributed by atoms with E-state index < -0.39 is 11.7 Å². The minimum atomic E-state index is -0.562. The van der Waals surface area contributed by atoms with Crippen LogP contribution < -0.4 is 20.1 Å². The van der Waals surface area contributed by atoms with Gasteiger partial charge in [0, 0.05) is 17.8 Å². The van der Waals surface area contributed by atoms with Crippen molar-refractivity contribution in [3.8, 4) is 11.5 Å². The molecule has 0 aliphatic carbocycles. The van der Waals surface area contributed by atoms with Gasteiger partial charge < -0.3 is 19.5 Å². The van der Waals surface area contributed by atoms with Gasteiger partial charge in [-0.05, 0) is 56.7 Å². The lowest BCUT2D eigenvalue weighted by atomic mass is 10.1. The number of rotatable bonds is 7. The van der Waals surface area contributed by atoms with Crippen molar-refractivity contribution in [2.75, 3.05) is 19.5 Å². The number of nitrogens with one attached hydrogen (secondary N) is 2. The molecule has 2 rings (SSSR count). The predicted molar refractivity (Wildman–Crippen MR) is 111 cm³/mol. The molecule has 2 amide bonds. The van der Waals surface area contributed by atoms with Gasteiger partial charge in [0.1, 0.15) is 17.1 Å². The summed E-state index contributed by atoms with van der Waals surface area (Å²) in [5, 5.41) is 5.54. The molecule has 2 aromatic carbocycles. The van der Waals surface area contributed by atoms with Crippen LogP contribution in [0.5, 0.6) is 11.5 Å². The van der Waals surface area contributed by atoms with E-state index >= 15 is 0 Å². The summed E-state index contributed by atoms with van der Waals surface area (Å²) in [4.78, 5) is 24.1. The molecule has 156 valence electrons. The van der Waals surface area contributed by atoms with Crippen LogP contribution in [0, 0.1) is 0 Å². The summed E-state index contributed by atoms with van der Waals surface area (Å²) in [5.74, 6) is 1.26. The summed E-state index contributed by atoms with van der Waals surface area (Å²) in [6.07, 6.45) is -0.297. The number of methoxy groups -OCH3 is 2. The van der Waals surface area contributed by atoms with Crippen molar-refractivity contribution in [3.05, 3.63) is 53.6 Å². The van der Waals surface area contributed by atoms with Crippen molar-refractivity contribution >= 4 is 17.7 Å². The quantitative estimate of drug-likeness (QED) is 0.736. The summed E-state index contributed by atoms with van der Waals surface area (Å²) in [5.41, 5.74) is 1.70. The number of hydrogen-bond donors (Lipinski definition) is 2. The largest absolute Gasteiger partial charge is 0.497 e. The number of carbonyl (C=O) groups excluding carboxylic acids is 2. The van der Waals surface area contributed by atoms with Gasteiger partial charge in [0.15, 0.2) is 0 Å². The van der Waals surface area contributed by atoms with Crippen LogP contribution >= 0.6 is 0 Å². The van der Waals surface area contributed by atoms with Gasteiger partial charge >= 0.3 is 6.09 Å². The Morgan fingerprint density at radius 1 is 0.966 bits per heavy atom. The molecule has 0 radical (unpaired) electrons. The number of hydrogen-bond acceptors (Lipinski definition) is 5. The van der Waals surface area contributed by atoms with Gasteiger partial charge in [-0.15, -0.1) is 0 Å². The molecule has 7 nitrogen and oxygen atoms in total. The molecule has 0 bridgehead atoms. The monoisotopic (exact) mass is 400 g/mol. The van der Waals surface area contributed by atoms with Gasteiger partial charge in [0.25, 0.3) is 0 Å². The number of carbonyl (C=O) groups is 2. The smallest absolute Gasteiger partial charge is 0.412 e. The molecule has 0 saturated carbocycles. The van der Waals surface area contributed by atoms with Crippen LogP contribution in [0.3, 0.4) is 0 Å². The molecule has 0 fully saturated rings. The van der Waals surface area contributed by atoms with Gasteiger partial charge in [-0.3, -0.25) is 10.1 Å². The zero-order valence-electron chi connectivity index (χ0n) is 17.5. The van der Waals surface area contributed by atoms with Crippen LogP contribution in [0.1, 0.15) is 31.9 Å². The zero-order valence-corrected chi connectivity index (χ0v) is 17.5. The summed E-state index contributed by atoms with van der Waals surface area (Å²) >= 11 is 0. The molecule has 2 aromatic rings. The molecule has 0 aliphatic rings. The Bertz CT molecular complexity index is 841. The molecule has 2 N–H and O–H groups in total. The molecular formula is C22H28N2O5. The second kappa shape index (κ2) is 9.82. The van der Waals surface area contributed by atoms with E-state index in [2.05, 4.69) is 10.6 Å². The van der Waals surface area contributed by atoms with E-state index in [1.807, 2.05) is 6.07 Å². The van der Waals surface area contributed by atoms with Crippen molar-refractivity contribution in [1.82, 2.24) is 5.32 Å². The van der Waals surface area contributed by atoms with Crippen molar-refractivity contribution in [3.63, 3.8) is 0 Å². The molecule has 7 heteroatoms. The molecule has 0 heterocycles. The fourth-order valence-corrected chi connectivity index (χ4v) is 2.59. The predicted octanol–water partition coefficient (Wildman–Crippen LogP) is 3.91. The van der Waals surface area contributed by atoms with Crippen LogP contribution in [-0.2, 0) is 22.5 Å². The van der Waals surface area contributed by atoms with E-state index in [1.54, 1.807) is 71.4 Å². The average Bonchev–Trinajstić information content (AvgIpc) is 2.66. The summed E-state index contributed by atoms with van der Waals surface area (Å²) in [6.45, 7) is 5.73. The molecule has 0 unspecified atom stereocenters. The number of benzene rings is 2. The Kier molecular flexibility index (Phi) is 7.47. The Balaban J connectivity index is 1.89. The van der Waals surface area contributed by atoms with E-state index in [0.717, 1.165) is 11.1 Å². The fourth-order valence-electron chi connectivity index (χ4n) is 2.59. The second-order valence-corrected chi connectivity index (χ2v) is 7.46. The normalized spacial score (nSPS) is 10.8. The first-order valence-corrected chi connectivity index (χ1v) is 9.26. The van der Waals surface area contributed by atoms with Gasteiger partial charge in [-0.1, -0.05) is 12.1 Å². The van der Waals surface area contributed by atoms with Crippen LogP contribution in [0.2, 0.25) is 0 Å². The summed E-state index contributed by atoms with van der Waals surface area (Å²) in [6, 6.07) is 12.5. The van der Waals surface area contributed by atoms with Crippen LogP contribution in [0.25, 0.3) is 0 Å². The van der Waals surface area contributed by atoms with Gasteiger partial charge in [-0.2, -0.15) is 0 Å². The lowest BCUT2D eigenvalue weighted by Gasteiger charge is -2.19. The lowest BCUT2D eigenvalue weighted by molar-refractivity contribution is -0.120. The maximum atomic E-state index is 12.3. The SMILES string of the molecule is COc1ccc(OC)c(CNC(=O)Cc2ccc(NC(=O)OC(C)(C)C)cc2)c1. The third-order valence-corrected chi connectivity index (χ3v) is 3.93. The molecule has 0 aliphatic heterocycles. The van der Waals surface area contributed by atoms with Gasteiger partial charge in [0.2, 0.25) is 5.91 Å². The van der Waals surface area contributed by atoms with Crippen molar-refractivity contribution in [1.29, 1.82) is 0 Å². The summed E-state index contributed by atoms with van der Waals surface area (Å²) in [7, 11) is 3.17. The highest BCUT2D eigenvalue weighted by Gasteiger charge is 2.16. The maximum Gasteiger partial charge on any atom is 0.412 e. The van der Waals surface area contributed by atoms with Crippen molar-refractivity contribution in [2.45, 2.75) is 39.3 Å². The second-order valence-electron chi connectivity index (χ2n) is 7.46. The molecule has 0 spiro atoms. The molecule has 0 saturated heterocycles. The van der Waals surface area contributed by atoms with Crippen LogP contribution in [0.15, 0.2) is 42.5 Å². The first-order chi connectivity index (χ1) is 13.7. The van der Waals surface area contributed by atoms with Crippen molar-refractivity contribution < 1.29 is 23.8 Å². The molecule has 0 atom stereocenters. The molecular weight excluding hydrogens is 372 g/mol. The lowest BCUT2D eigenvalue weighted by Crippen LogP contribution is -2.27. The molecule has 29 heavy (non-hydrogen) atoms. The topological polar surface area (TPSA) is 85.9 Å². The van der Waals surface area contributed by atoms with E-state index in [-0.39, 0.29) is 12.3 Å². The highest BCUT2D eigenvalue weighted by molar-refractivity contribution is 5.85. The first kappa shape index (κ1) is 22.1. The van der Waals surface area contributed by atoms with E-state index in [4.69, 9.17) is 14.2 Å². The average molecular weight is 400 g/mol. The number of ether oxygens (including phenoxy) is 3. The highest BCUT2D eigenvalue weighted by atomic mass is 16.6. The van der Waals surface area contributed by atoms with Crippen LogP contribution in [-0.4, -0.2) is 31.8 Å².